The fourth-order valence-electron chi connectivity index (χ4n) is 2.22. The Morgan fingerprint density at radius 3 is 2.43 bits per heavy atom. The molecule has 0 radical (unpaired) electrons. The van der Waals surface area contributed by atoms with Crippen molar-refractivity contribution in [1.82, 2.24) is 5.32 Å². The monoisotopic (exact) mass is 294 g/mol. The molecule has 0 saturated heterocycles. The smallest absolute Gasteiger partial charge is 0.258 e. The first-order valence-electron chi connectivity index (χ1n) is 7.25. The van der Waals surface area contributed by atoms with Gasteiger partial charge < -0.3 is 20.5 Å². The third kappa shape index (κ3) is 5.36. The molecule has 118 valence electrons. The summed E-state index contributed by atoms with van der Waals surface area (Å²) in [7, 11) is 1.69. The first-order chi connectivity index (χ1) is 9.99. The lowest BCUT2D eigenvalue weighted by molar-refractivity contribution is -0.124. The molecule has 5 nitrogen and oxygen atoms in total. The van der Waals surface area contributed by atoms with E-state index in [9.17, 15) is 4.79 Å². The van der Waals surface area contributed by atoms with Gasteiger partial charge in [0.15, 0.2) is 6.10 Å². The SMILES string of the molecule is CCC(Oc1c(C)cc(CNCCOC)cc1C)C(N)=O. The Labute approximate surface area is 126 Å². The summed E-state index contributed by atoms with van der Waals surface area (Å²) in [5, 5.41) is 3.31. The van der Waals surface area contributed by atoms with Gasteiger partial charge in [-0.15, -0.1) is 0 Å². The number of ether oxygens (including phenoxy) is 2. The molecule has 5 heteroatoms. The number of nitrogens with two attached hydrogens (primary N) is 1. The number of methoxy groups -OCH3 is 1. The van der Waals surface area contributed by atoms with Gasteiger partial charge >= 0.3 is 0 Å². The molecule has 0 heterocycles. The molecular weight excluding hydrogens is 268 g/mol. The highest BCUT2D eigenvalue weighted by Crippen LogP contribution is 2.26. The van der Waals surface area contributed by atoms with Crippen LogP contribution in [-0.2, 0) is 16.1 Å². The largest absolute Gasteiger partial charge is 0.480 e. The van der Waals surface area contributed by atoms with Crippen LogP contribution in [-0.4, -0.2) is 32.3 Å². The average molecular weight is 294 g/mol. The molecule has 1 unspecified atom stereocenters. The lowest BCUT2D eigenvalue weighted by atomic mass is 10.1. The van der Waals surface area contributed by atoms with Gasteiger partial charge in [-0.2, -0.15) is 0 Å². The summed E-state index contributed by atoms with van der Waals surface area (Å²) in [6.45, 7) is 8.12. The number of carbonyl (C=O) groups excluding carboxylic acids is 1. The Kier molecular flexibility index (Phi) is 7.19. The summed E-state index contributed by atoms with van der Waals surface area (Å²) in [6, 6.07) is 4.13. The lowest BCUT2D eigenvalue weighted by Crippen LogP contribution is -2.33. The maximum atomic E-state index is 11.3. The number of nitrogens with one attached hydrogen (secondary N) is 1. The fraction of sp³-hybridized carbons (Fsp3) is 0.562. The van der Waals surface area contributed by atoms with Crippen molar-refractivity contribution >= 4 is 5.91 Å². The second kappa shape index (κ2) is 8.64. The molecule has 1 atom stereocenters. The zero-order valence-corrected chi connectivity index (χ0v) is 13.4. The number of primary amides is 1. The van der Waals surface area contributed by atoms with E-state index in [1.807, 2.05) is 20.8 Å². The third-order valence-electron chi connectivity index (χ3n) is 3.28. The van der Waals surface area contributed by atoms with Crippen LogP contribution in [0.5, 0.6) is 5.75 Å². The molecule has 0 bridgehead atoms. The minimum Gasteiger partial charge on any atom is -0.480 e. The van der Waals surface area contributed by atoms with Crippen LogP contribution in [0.2, 0.25) is 0 Å². The molecule has 1 aromatic carbocycles. The minimum absolute atomic E-state index is 0.429. The van der Waals surface area contributed by atoms with Crippen molar-refractivity contribution < 1.29 is 14.3 Å². The Morgan fingerprint density at radius 1 is 1.33 bits per heavy atom. The minimum atomic E-state index is -0.576. The van der Waals surface area contributed by atoms with Crippen molar-refractivity contribution in [2.75, 3.05) is 20.3 Å². The summed E-state index contributed by atoms with van der Waals surface area (Å²) >= 11 is 0. The predicted molar refractivity (Wildman–Crippen MR) is 83.4 cm³/mol. The topological polar surface area (TPSA) is 73.6 Å². The number of benzene rings is 1. The van der Waals surface area contributed by atoms with E-state index in [1.165, 1.54) is 5.56 Å². The summed E-state index contributed by atoms with van der Waals surface area (Å²) in [5.74, 6) is 0.322. The van der Waals surface area contributed by atoms with Crippen molar-refractivity contribution in [3.8, 4) is 5.75 Å². The van der Waals surface area contributed by atoms with Crippen LogP contribution in [0.1, 0.15) is 30.0 Å². The van der Waals surface area contributed by atoms with Gasteiger partial charge in [0, 0.05) is 20.2 Å². The number of carbonyl (C=O) groups is 1. The molecular formula is C16H26N2O3. The van der Waals surface area contributed by atoms with Crippen molar-refractivity contribution in [2.24, 2.45) is 5.73 Å². The molecule has 0 aliphatic carbocycles. The van der Waals surface area contributed by atoms with Crippen molar-refractivity contribution in [3.05, 3.63) is 28.8 Å². The normalized spacial score (nSPS) is 12.2. The molecule has 0 aliphatic rings. The van der Waals surface area contributed by atoms with Crippen LogP contribution in [0.3, 0.4) is 0 Å². The third-order valence-corrected chi connectivity index (χ3v) is 3.28. The number of amides is 1. The Hall–Kier alpha value is -1.59. The van der Waals surface area contributed by atoms with Crippen LogP contribution in [0.15, 0.2) is 12.1 Å². The molecule has 0 spiro atoms. The van der Waals surface area contributed by atoms with Crippen LogP contribution >= 0.6 is 0 Å². The van der Waals surface area contributed by atoms with Crippen LogP contribution in [0.4, 0.5) is 0 Å². The van der Waals surface area contributed by atoms with E-state index in [1.54, 1.807) is 7.11 Å². The molecule has 1 aromatic rings. The standard InChI is InChI=1S/C16H26N2O3/c1-5-14(16(17)19)21-15-11(2)8-13(9-12(15)3)10-18-6-7-20-4/h8-9,14,18H,5-7,10H2,1-4H3,(H2,17,19). The van der Waals surface area contributed by atoms with E-state index in [0.717, 1.165) is 30.0 Å². The van der Waals surface area contributed by atoms with E-state index in [2.05, 4.69) is 17.4 Å². The van der Waals surface area contributed by atoms with Gasteiger partial charge in [-0.3, -0.25) is 4.79 Å². The van der Waals surface area contributed by atoms with Crippen LogP contribution in [0, 0.1) is 13.8 Å². The van der Waals surface area contributed by atoms with E-state index in [4.69, 9.17) is 15.2 Å². The second-order valence-electron chi connectivity index (χ2n) is 5.15. The zero-order chi connectivity index (χ0) is 15.8. The maximum absolute atomic E-state index is 11.3. The van der Waals surface area contributed by atoms with E-state index in [0.29, 0.717) is 13.0 Å². The average Bonchev–Trinajstić information content (AvgIpc) is 2.42. The summed E-state index contributed by atoms with van der Waals surface area (Å²) in [6.07, 6.45) is -0.0118. The van der Waals surface area contributed by atoms with Gasteiger partial charge in [-0.1, -0.05) is 19.1 Å². The predicted octanol–water partition coefficient (Wildman–Crippen LogP) is 1.68. The van der Waals surface area contributed by atoms with Gasteiger partial charge in [0.1, 0.15) is 5.75 Å². The molecule has 21 heavy (non-hydrogen) atoms. The zero-order valence-electron chi connectivity index (χ0n) is 13.4. The quantitative estimate of drug-likeness (QED) is 0.680. The highest BCUT2D eigenvalue weighted by Gasteiger charge is 2.17. The van der Waals surface area contributed by atoms with Crippen molar-refractivity contribution in [2.45, 2.75) is 39.8 Å². The van der Waals surface area contributed by atoms with Gasteiger partial charge in [0.25, 0.3) is 5.91 Å². The van der Waals surface area contributed by atoms with E-state index >= 15 is 0 Å². The summed E-state index contributed by atoms with van der Waals surface area (Å²) in [4.78, 5) is 11.3. The summed E-state index contributed by atoms with van der Waals surface area (Å²) < 4.78 is 10.8. The van der Waals surface area contributed by atoms with Gasteiger partial charge in [0.05, 0.1) is 6.61 Å². The number of hydrogen-bond donors (Lipinski definition) is 2. The number of hydrogen-bond acceptors (Lipinski definition) is 4. The molecule has 0 saturated carbocycles. The van der Waals surface area contributed by atoms with E-state index < -0.39 is 12.0 Å². The molecule has 1 rings (SSSR count). The molecule has 0 aromatic heterocycles. The van der Waals surface area contributed by atoms with Crippen LogP contribution in [0.25, 0.3) is 0 Å². The van der Waals surface area contributed by atoms with E-state index in [-0.39, 0.29) is 0 Å². The fourth-order valence-corrected chi connectivity index (χ4v) is 2.22. The van der Waals surface area contributed by atoms with Gasteiger partial charge in [-0.25, -0.2) is 0 Å². The maximum Gasteiger partial charge on any atom is 0.258 e. The van der Waals surface area contributed by atoms with Gasteiger partial charge in [-0.05, 0) is 37.0 Å². The Balaban J connectivity index is 2.77. The number of rotatable bonds is 9. The van der Waals surface area contributed by atoms with Crippen molar-refractivity contribution in [1.29, 1.82) is 0 Å². The lowest BCUT2D eigenvalue weighted by Gasteiger charge is -2.19. The second-order valence-corrected chi connectivity index (χ2v) is 5.15. The number of aryl methyl sites for hydroxylation is 2. The molecule has 1 amide bonds. The van der Waals surface area contributed by atoms with Gasteiger partial charge in [0.2, 0.25) is 0 Å². The van der Waals surface area contributed by atoms with Crippen molar-refractivity contribution in [3.63, 3.8) is 0 Å². The highest BCUT2D eigenvalue weighted by molar-refractivity contribution is 5.79. The molecule has 3 N–H and O–H groups in total. The Bertz CT molecular complexity index is 452. The molecule has 0 aliphatic heterocycles. The first-order valence-corrected chi connectivity index (χ1v) is 7.25. The highest BCUT2D eigenvalue weighted by atomic mass is 16.5. The molecule has 0 fully saturated rings. The summed E-state index contributed by atoms with van der Waals surface area (Å²) in [5.41, 5.74) is 8.54. The Morgan fingerprint density at radius 2 is 1.95 bits per heavy atom. The first kappa shape index (κ1) is 17.5. The van der Waals surface area contributed by atoms with Crippen LogP contribution < -0.4 is 15.8 Å².